The Morgan fingerprint density at radius 3 is 1.54 bits per heavy atom. The summed E-state index contributed by atoms with van der Waals surface area (Å²) >= 11 is 0. The van der Waals surface area contributed by atoms with E-state index < -0.39 is 7.66 Å². The molecule has 7 heteroatoms. The minimum absolute atomic E-state index is 0.0905. The van der Waals surface area contributed by atoms with Crippen molar-refractivity contribution in [3.63, 3.8) is 0 Å². The molecule has 0 amide bonds. The van der Waals surface area contributed by atoms with Gasteiger partial charge in [-0.2, -0.15) is 10.0 Å². The van der Waals surface area contributed by atoms with Crippen LogP contribution in [-0.4, -0.2) is 5.90 Å². The van der Waals surface area contributed by atoms with Crippen LogP contribution in [0.25, 0.3) is 5.70 Å². The number of benzene rings is 4. The minimum atomic E-state index is -3.42. The van der Waals surface area contributed by atoms with Crippen LogP contribution in [0.2, 0.25) is 0 Å². The summed E-state index contributed by atoms with van der Waals surface area (Å²) in [7, 11) is -3.42. The summed E-state index contributed by atoms with van der Waals surface area (Å²) in [5, 5.41) is 10.1. The zero-order valence-corrected chi connectivity index (χ0v) is 19.5. The smallest absolute Gasteiger partial charge is 0.437 e. The maximum atomic E-state index is 10.1. The van der Waals surface area contributed by atoms with Crippen LogP contribution in [0.1, 0.15) is 5.56 Å². The fourth-order valence-electron chi connectivity index (χ4n) is 3.37. The number of nitrogens with zero attached hydrogens (tertiary/aromatic N) is 3. The molecule has 0 fully saturated rings. The standard InChI is InChI=1S/C28H20N3O3P/c29-21-26-27(22-13-5-1-6-14-22)30-35(33-24-17-9-3-10-18-24,34-25-19-11-4-12-20-25)31-28(26)32-23-15-7-2-8-16-23/h1-20H. The summed E-state index contributed by atoms with van der Waals surface area (Å²) in [5.74, 6) is 1.70. The highest BCUT2D eigenvalue weighted by molar-refractivity contribution is 7.56. The van der Waals surface area contributed by atoms with Gasteiger partial charge in [-0.3, -0.25) is 0 Å². The van der Waals surface area contributed by atoms with Gasteiger partial charge in [-0.1, -0.05) is 84.9 Å². The van der Waals surface area contributed by atoms with E-state index in [9.17, 15) is 5.26 Å². The highest BCUT2D eigenvalue weighted by Crippen LogP contribution is 2.57. The molecule has 0 atom stereocenters. The van der Waals surface area contributed by atoms with E-state index >= 15 is 0 Å². The lowest BCUT2D eigenvalue weighted by Crippen LogP contribution is -2.17. The molecular formula is C28H20N3O3P. The molecule has 1 aliphatic heterocycles. The molecule has 1 aliphatic rings. The number of rotatable bonds is 6. The van der Waals surface area contributed by atoms with Crippen molar-refractivity contribution < 1.29 is 13.8 Å². The average Bonchev–Trinajstić information content (AvgIpc) is 2.91. The van der Waals surface area contributed by atoms with Crippen LogP contribution in [0.15, 0.2) is 136 Å². The van der Waals surface area contributed by atoms with Crippen LogP contribution < -0.4 is 13.8 Å². The molecule has 0 radical (unpaired) electrons. The predicted octanol–water partition coefficient (Wildman–Crippen LogP) is 7.52. The topological polar surface area (TPSA) is 76.2 Å². The molecule has 0 spiro atoms. The largest absolute Gasteiger partial charge is 0.452 e. The molecule has 6 nitrogen and oxygen atoms in total. The predicted molar refractivity (Wildman–Crippen MR) is 137 cm³/mol. The molecule has 0 N–H and O–H groups in total. The summed E-state index contributed by atoms with van der Waals surface area (Å²) < 4.78 is 28.5. The maximum Gasteiger partial charge on any atom is 0.452 e. The summed E-state index contributed by atoms with van der Waals surface area (Å²) in [6, 6.07) is 39.3. The van der Waals surface area contributed by atoms with Crippen molar-refractivity contribution in [3.05, 3.63) is 132 Å². The van der Waals surface area contributed by atoms with Crippen molar-refractivity contribution in [1.82, 2.24) is 0 Å². The highest BCUT2D eigenvalue weighted by atomic mass is 31.2. The molecule has 0 aliphatic carbocycles. The first-order valence-corrected chi connectivity index (χ1v) is 12.4. The third-order valence-corrected chi connectivity index (χ3v) is 6.73. The zero-order chi connectivity index (χ0) is 23.9. The number of hydrogen-bond acceptors (Lipinski definition) is 6. The first kappa shape index (κ1) is 22.2. The van der Waals surface area contributed by atoms with Crippen LogP contribution >= 0.6 is 7.66 Å². The molecule has 170 valence electrons. The van der Waals surface area contributed by atoms with E-state index in [0.717, 1.165) is 5.56 Å². The number of ether oxygens (including phenoxy) is 1. The summed E-state index contributed by atoms with van der Waals surface area (Å²) in [6.45, 7) is 0. The Morgan fingerprint density at radius 2 is 1.06 bits per heavy atom. The van der Waals surface area contributed by atoms with Gasteiger partial charge < -0.3 is 13.8 Å². The third-order valence-electron chi connectivity index (χ3n) is 4.95. The molecule has 4 aromatic carbocycles. The molecule has 4 aromatic rings. The number of nitriles is 1. The molecule has 0 aromatic heterocycles. The molecule has 0 bridgehead atoms. The maximum absolute atomic E-state index is 10.1. The first-order valence-electron chi connectivity index (χ1n) is 10.9. The van der Waals surface area contributed by atoms with Crippen LogP contribution in [-0.2, 0) is 0 Å². The van der Waals surface area contributed by atoms with Gasteiger partial charge in [-0.15, -0.1) is 4.76 Å². The van der Waals surface area contributed by atoms with Crippen molar-refractivity contribution in [2.24, 2.45) is 9.51 Å². The quantitative estimate of drug-likeness (QED) is 0.269. The Kier molecular flexibility index (Phi) is 6.43. The summed E-state index contributed by atoms with van der Waals surface area (Å²) in [5.41, 5.74) is 1.32. The zero-order valence-electron chi connectivity index (χ0n) is 18.6. The second-order valence-corrected chi connectivity index (χ2v) is 9.17. The molecular weight excluding hydrogens is 457 g/mol. The van der Waals surface area contributed by atoms with Gasteiger partial charge in [0.2, 0.25) is 5.90 Å². The van der Waals surface area contributed by atoms with E-state index in [1.54, 1.807) is 12.1 Å². The summed E-state index contributed by atoms with van der Waals surface area (Å²) in [6.07, 6.45) is 0. The van der Waals surface area contributed by atoms with Crippen molar-refractivity contribution in [1.29, 1.82) is 5.26 Å². The molecule has 5 rings (SSSR count). The van der Waals surface area contributed by atoms with Gasteiger partial charge >= 0.3 is 7.66 Å². The van der Waals surface area contributed by atoms with Crippen LogP contribution in [0, 0.1) is 11.3 Å². The van der Waals surface area contributed by atoms with Crippen molar-refractivity contribution in [2.75, 3.05) is 0 Å². The number of hydrogen-bond donors (Lipinski definition) is 0. The Balaban J connectivity index is 1.73. The average molecular weight is 477 g/mol. The SMILES string of the molecule is N#CC1=C(c2ccccc2)N=P(Oc2ccccc2)(Oc2ccccc2)N=C1Oc1ccccc1. The highest BCUT2D eigenvalue weighted by Gasteiger charge is 2.35. The van der Waals surface area contributed by atoms with E-state index in [1.165, 1.54) is 0 Å². The van der Waals surface area contributed by atoms with Crippen molar-refractivity contribution >= 4 is 19.3 Å². The molecule has 35 heavy (non-hydrogen) atoms. The second kappa shape index (κ2) is 10.1. The molecule has 0 unspecified atom stereocenters. The first-order chi connectivity index (χ1) is 17.2. The van der Waals surface area contributed by atoms with Crippen molar-refractivity contribution in [2.45, 2.75) is 0 Å². The normalized spacial score (nSPS) is 14.2. The van der Waals surface area contributed by atoms with Crippen LogP contribution in [0.4, 0.5) is 0 Å². The fraction of sp³-hybridized carbons (Fsp3) is 0. The monoisotopic (exact) mass is 477 g/mol. The Morgan fingerprint density at radius 1 is 0.600 bits per heavy atom. The van der Waals surface area contributed by atoms with E-state index in [0.29, 0.717) is 22.9 Å². The van der Waals surface area contributed by atoms with Gasteiger partial charge in [-0.05, 0) is 36.4 Å². The van der Waals surface area contributed by atoms with Crippen LogP contribution in [0.3, 0.4) is 0 Å². The molecule has 0 saturated heterocycles. The van der Waals surface area contributed by atoms with E-state index in [-0.39, 0.29) is 11.5 Å². The number of para-hydroxylation sites is 3. The fourth-order valence-corrected chi connectivity index (χ4v) is 5.25. The third kappa shape index (κ3) is 5.16. The Hall–Kier alpha value is -4.59. The van der Waals surface area contributed by atoms with E-state index in [1.807, 2.05) is 109 Å². The van der Waals surface area contributed by atoms with Gasteiger partial charge in [0.15, 0.2) is 0 Å². The van der Waals surface area contributed by atoms with Crippen LogP contribution in [0.5, 0.6) is 17.2 Å². The Bertz CT molecular complexity index is 1420. The van der Waals surface area contributed by atoms with Gasteiger partial charge in [0.05, 0.1) is 0 Å². The van der Waals surface area contributed by atoms with Gasteiger partial charge in [0, 0.05) is 5.56 Å². The molecule has 1 heterocycles. The van der Waals surface area contributed by atoms with Gasteiger partial charge in [0.25, 0.3) is 0 Å². The van der Waals surface area contributed by atoms with Gasteiger partial charge in [0.1, 0.15) is 34.6 Å². The lowest BCUT2D eigenvalue weighted by Gasteiger charge is -2.26. The minimum Gasteiger partial charge on any atom is -0.437 e. The van der Waals surface area contributed by atoms with E-state index in [4.69, 9.17) is 23.3 Å². The van der Waals surface area contributed by atoms with E-state index in [2.05, 4.69) is 6.07 Å². The van der Waals surface area contributed by atoms with Gasteiger partial charge in [-0.25, -0.2) is 0 Å². The lowest BCUT2D eigenvalue weighted by atomic mass is 10.1. The molecule has 0 saturated carbocycles. The second-order valence-electron chi connectivity index (χ2n) is 7.42. The Labute approximate surface area is 203 Å². The lowest BCUT2D eigenvalue weighted by molar-refractivity contribution is 0.472. The van der Waals surface area contributed by atoms with Crippen molar-refractivity contribution in [3.8, 4) is 23.3 Å². The summed E-state index contributed by atoms with van der Waals surface area (Å²) in [4.78, 5) is 0.